The summed E-state index contributed by atoms with van der Waals surface area (Å²) in [5, 5.41) is 3.62. The predicted octanol–water partition coefficient (Wildman–Crippen LogP) is 2.44. The van der Waals surface area contributed by atoms with Gasteiger partial charge in [0.05, 0.1) is 13.2 Å². The van der Waals surface area contributed by atoms with E-state index in [1.807, 2.05) is 12.4 Å². The zero-order chi connectivity index (χ0) is 17.1. The third-order valence-electron chi connectivity index (χ3n) is 5.35. The van der Waals surface area contributed by atoms with Crippen LogP contribution in [0.15, 0.2) is 36.7 Å². The van der Waals surface area contributed by atoms with Gasteiger partial charge in [-0.1, -0.05) is 24.3 Å². The Balaban J connectivity index is 1.32. The van der Waals surface area contributed by atoms with Crippen LogP contribution < -0.4 is 10.2 Å². The molecule has 132 valence electrons. The first-order valence-corrected chi connectivity index (χ1v) is 9.17. The van der Waals surface area contributed by atoms with Crippen molar-refractivity contribution in [3.05, 3.63) is 53.3 Å². The molecule has 0 spiro atoms. The summed E-state index contributed by atoms with van der Waals surface area (Å²) in [5.41, 5.74) is 4.37. The molecule has 1 aliphatic heterocycles. The smallest absolute Gasteiger partial charge is 0.225 e. The highest BCUT2D eigenvalue weighted by atomic mass is 16.5. The van der Waals surface area contributed by atoms with Crippen LogP contribution in [0.25, 0.3) is 0 Å². The Morgan fingerprint density at radius 1 is 1.12 bits per heavy atom. The fraction of sp³-hybridized carbons (Fsp3) is 0.500. The molecular weight excluding hydrogens is 312 g/mol. The maximum atomic E-state index is 5.37. The second kappa shape index (κ2) is 7.10. The maximum absolute atomic E-state index is 5.37. The third kappa shape index (κ3) is 3.67. The zero-order valence-electron chi connectivity index (χ0n) is 14.9. The van der Waals surface area contributed by atoms with Crippen LogP contribution in [0.3, 0.4) is 0 Å². The number of nitrogens with one attached hydrogen (secondary N) is 1. The molecule has 5 heteroatoms. The van der Waals surface area contributed by atoms with Crippen molar-refractivity contribution in [1.82, 2.24) is 15.3 Å². The van der Waals surface area contributed by atoms with Crippen molar-refractivity contribution in [3.63, 3.8) is 0 Å². The summed E-state index contributed by atoms with van der Waals surface area (Å²) >= 11 is 0. The summed E-state index contributed by atoms with van der Waals surface area (Å²) in [5.74, 6) is 0.811. The fourth-order valence-electron chi connectivity index (χ4n) is 3.67. The van der Waals surface area contributed by atoms with Gasteiger partial charge in [0.15, 0.2) is 0 Å². The summed E-state index contributed by atoms with van der Waals surface area (Å²) in [6, 6.07) is 8.77. The molecule has 0 bridgehead atoms. The Morgan fingerprint density at radius 3 is 2.52 bits per heavy atom. The van der Waals surface area contributed by atoms with E-state index in [1.165, 1.54) is 24.0 Å². The van der Waals surface area contributed by atoms with E-state index < -0.39 is 0 Å². The monoisotopic (exact) mass is 338 g/mol. The van der Waals surface area contributed by atoms with E-state index in [-0.39, 0.29) is 0 Å². The number of aryl methyl sites for hydroxylation is 1. The molecular formula is C20H26N4O. The molecule has 0 radical (unpaired) electrons. The van der Waals surface area contributed by atoms with Crippen molar-refractivity contribution < 1.29 is 4.74 Å². The predicted molar refractivity (Wildman–Crippen MR) is 98.9 cm³/mol. The summed E-state index contributed by atoms with van der Waals surface area (Å²) in [6.07, 6.45) is 6.44. The Kier molecular flexibility index (Phi) is 4.68. The van der Waals surface area contributed by atoms with E-state index >= 15 is 0 Å². The van der Waals surface area contributed by atoms with E-state index in [4.69, 9.17) is 4.74 Å². The molecule has 1 N–H and O–H groups in total. The molecule has 1 aromatic heterocycles. The molecule has 1 saturated heterocycles. The van der Waals surface area contributed by atoms with E-state index in [1.54, 1.807) is 0 Å². The maximum Gasteiger partial charge on any atom is 0.225 e. The second-order valence-corrected chi connectivity index (χ2v) is 7.19. The number of benzene rings is 1. The fourth-order valence-corrected chi connectivity index (χ4v) is 3.67. The van der Waals surface area contributed by atoms with Crippen LogP contribution in [0.2, 0.25) is 0 Å². The van der Waals surface area contributed by atoms with Gasteiger partial charge in [-0.05, 0) is 30.9 Å². The standard InChI is InChI=1S/C20H26N4O/c1-16-4-2-3-5-18(16)20(6-7-20)15-21-12-17-13-22-19(23-14-17)24-8-10-25-11-9-24/h2-5,13-14,21H,6-12,15H2,1H3. The zero-order valence-corrected chi connectivity index (χ0v) is 14.9. The van der Waals surface area contributed by atoms with Crippen molar-refractivity contribution >= 4 is 5.95 Å². The van der Waals surface area contributed by atoms with Gasteiger partial charge < -0.3 is 15.0 Å². The normalized spacial score (nSPS) is 19.0. The highest BCUT2D eigenvalue weighted by Gasteiger charge is 2.44. The van der Waals surface area contributed by atoms with Crippen LogP contribution in [0.5, 0.6) is 0 Å². The number of ether oxygens (including phenoxy) is 1. The van der Waals surface area contributed by atoms with Crippen LogP contribution in [-0.2, 0) is 16.7 Å². The largest absolute Gasteiger partial charge is 0.378 e. The molecule has 2 fully saturated rings. The van der Waals surface area contributed by atoms with E-state index in [0.29, 0.717) is 5.41 Å². The van der Waals surface area contributed by atoms with Gasteiger partial charge in [-0.3, -0.25) is 0 Å². The molecule has 0 atom stereocenters. The number of rotatable bonds is 6. The number of hydrogen-bond acceptors (Lipinski definition) is 5. The molecule has 1 aromatic carbocycles. The summed E-state index contributed by atoms with van der Waals surface area (Å²) < 4.78 is 5.37. The van der Waals surface area contributed by atoms with Gasteiger partial charge in [0.1, 0.15) is 0 Å². The van der Waals surface area contributed by atoms with Gasteiger partial charge in [-0.25, -0.2) is 9.97 Å². The molecule has 2 aromatic rings. The summed E-state index contributed by atoms with van der Waals surface area (Å²) in [7, 11) is 0. The first-order valence-electron chi connectivity index (χ1n) is 9.17. The van der Waals surface area contributed by atoms with Crippen LogP contribution in [-0.4, -0.2) is 42.8 Å². The van der Waals surface area contributed by atoms with Gasteiger partial charge in [-0.2, -0.15) is 0 Å². The number of nitrogens with zero attached hydrogens (tertiary/aromatic N) is 3. The Bertz CT molecular complexity index is 706. The third-order valence-corrected chi connectivity index (χ3v) is 5.35. The molecule has 1 saturated carbocycles. The molecule has 0 amide bonds. The molecule has 1 aliphatic carbocycles. The van der Waals surface area contributed by atoms with Crippen LogP contribution in [0.4, 0.5) is 5.95 Å². The molecule has 2 heterocycles. The first kappa shape index (κ1) is 16.5. The lowest BCUT2D eigenvalue weighted by Gasteiger charge is -2.26. The lowest BCUT2D eigenvalue weighted by atomic mass is 9.92. The SMILES string of the molecule is Cc1ccccc1C1(CNCc2cnc(N3CCOCC3)nc2)CC1. The minimum absolute atomic E-state index is 0.333. The van der Waals surface area contributed by atoms with Gasteiger partial charge in [-0.15, -0.1) is 0 Å². The van der Waals surface area contributed by atoms with Crippen molar-refractivity contribution in [1.29, 1.82) is 0 Å². The van der Waals surface area contributed by atoms with Crippen LogP contribution in [0, 0.1) is 6.92 Å². The summed E-state index contributed by atoms with van der Waals surface area (Å²) in [6.45, 7) is 7.31. The highest BCUT2D eigenvalue weighted by molar-refractivity contribution is 5.38. The molecule has 5 nitrogen and oxygen atoms in total. The van der Waals surface area contributed by atoms with E-state index in [9.17, 15) is 0 Å². The number of anilines is 1. The minimum Gasteiger partial charge on any atom is -0.378 e. The van der Waals surface area contributed by atoms with Crippen molar-refractivity contribution in [2.45, 2.75) is 31.7 Å². The van der Waals surface area contributed by atoms with Crippen molar-refractivity contribution in [2.24, 2.45) is 0 Å². The Morgan fingerprint density at radius 2 is 1.84 bits per heavy atom. The molecule has 2 aliphatic rings. The molecule has 25 heavy (non-hydrogen) atoms. The van der Waals surface area contributed by atoms with Crippen LogP contribution >= 0.6 is 0 Å². The average Bonchev–Trinajstić information content (AvgIpc) is 3.44. The minimum atomic E-state index is 0.333. The van der Waals surface area contributed by atoms with E-state index in [2.05, 4.69) is 51.4 Å². The lowest BCUT2D eigenvalue weighted by Crippen LogP contribution is -2.37. The van der Waals surface area contributed by atoms with Gasteiger partial charge in [0.25, 0.3) is 0 Å². The quantitative estimate of drug-likeness (QED) is 0.877. The lowest BCUT2D eigenvalue weighted by molar-refractivity contribution is 0.122. The molecule has 0 unspecified atom stereocenters. The number of hydrogen-bond donors (Lipinski definition) is 1. The van der Waals surface area contributed by atoms with Crippen molar-refractivity contribution in [2.75, 3.05) is 37.7 Å². The first-order chi connectivity index (χ1) is 12.3. The molecule has 4 rings (SSSR count). The second-order valence-electron chi connectivity index (χ2n) is 7.19. The number of aromatic nitrogens is 2. The van der Waals surface area contributed by atoms with Crippen LogP contribution in [0.1, 0.15) is 29.5 Å². The number of morpholine rings is 1. The van der Waals surface area contributed by atoms with Gasteiger partial charge >= 0.3 is 0 Å². The Labute approximate surface area is 149 Å². The van der Waals surface area contributed by atoms with Gasteiger partial charge in [0.2, 0.25) is 5.95 Å². The van der Waals surface area contributed by atoms with E-state index in [0.717, 1.165) is 50.9 Å². The summed E-state index contributed by atoms with van der Waals surface area (Å²) in [4.78, 5) is 11.2. The van der Waals surface area contributed by atoms with Gasteiger partial charge in [0, 0.05) is 49.6 Å². The Hall–Kier alpha value is -1.98. The van der Waals surface area contributed by atoms with Crippen molar-refractivity contribution in [3.8, 4) is 0 Å². The average molecular weight is 338 g/mol. The topological polar surface area (TPSA) is 50.3 Å². The highest BCUT2D eigenvalue weighted by Crippen LogP contribution is 2.48.